The summed E-state index contributed by atoms with van der Waals surface area (Å²) in [5.74, 6) is -0.190. The molecule has 18 heavy (non-hydrogen) atoms. The van der Waals surface area contributed by atoms with Crippen molar-refractivity contribution in [3.8, 4) is 0 Å². The van der Waals surface area contributed by atoms with Gasteiger partial charge in [-0.05, 0) is 5.56 Å². The second-order valence-electron chi connectivity index (χ2n) is 4.22. The fraction of sp³-hybridized carbons (Fsp3) is 0.462. The molecule has 1 aliphatic rings. The quantitative estimate of drug-likeness (QED) is 0.693. The standard InChI is InChI=1S/C13H18N2O3/c16-9-11(10-4-2-1-3-5-10)15-13(17)12-8-14-6-7-18-12/h1-5,11-12,14,16H,6-9H2,(H,15,17). The van der Waals surface area contributed by atoms with Gasteiger partial charge in [0.1, 0.15) is 6.10 Å². The van der Waals surface area contributed by atoms with Crippen LogP contribution in [0.15, 0.2) is 30.3 Å². The van der Waals surface area contributed by atoms with Crippen LogP contribution in [0.3, 0.4) is 0 Å². The van der Waals surface area contributed by atoms with Gasteiger partial charge in [0.2, 0.25) is 0 Å². The summed E-state index contributed by atoms with van der Waals surface area (Å²) in [5, 5.41) is 15.3. The monoisotopic (exact) mass is 250 g/mol. The third-order valence-electron chi connectivity index (χ3n) is 2.92. The zero-order valence-electron chi connectivity index (χ0n) is 10.1. The molecule has 0 spiro atoms. The number of nitrogens with one attached hydrogen (secondary N) is 2. The third-order valence-corrected chi connectivity index (χ3v) is 2.92. The average molecular weight is 250 g/mol. The summed E-state index contributed by atoms with van der Waals surface area (Å²) >= 11 is 0. The Morgan fingerprint density at radius 2 is 2.28 bits per heavy atom. The number of ether oxygens (including phenoxy) is 1. The highest BCUT2D eigenvalue weighted by molar-refractivity contribution is 5.81. The number of morpholine rings is 1. The van der Waals surface area contributed by atoms with Gasteiger partial charge in [0.15, 0.2) is 0 Å². The molecule has 1 aliphatic heterocycles. The van der Waals surface area contributed by atoms with E-state index in [2.05, 4.69) is 10.6 Å². The minimum absolute atomic E-state index is 0.129. The van der Waals surface area contributed by atoms with Gasteiger partial charge in [-0.25, -0.2) is 0 Å². The Kier molecular flexibility index (Phi) is 4.69. The summed E-state index contributed by atoms with van der Waals surface area (Å²) in [6, 6.07) is 9.02. The molecule has 0 bridgehead atoms. The molecule has 1 aromatic carbocycles. The molecular formula is C13H18N2O3. The lowest BCUT2D eigenvalue weighted by Crippen LogP contribution is -2.49. The van der Waals surface area contributed by atoms with E-state index in [1.54, 1.807) is 0 Å². The van der Waals surface area contributed by atoms with Crippen molar-refractivity contribution in [1.29, 1.82) is 0 Å². The molecule has 1 amide bonds. The maximum absolute atomic E-state index is 12.0. The summed E-state index contributed by atoms with van der Waals surface area (Å²) in [5.41, 5.74) is 0.886. The van der Waals surface area contributed by atoms with E-state index in [0.29, 0.717) is 13.2 Å². The molecule has 0 saturated carbocycles. The first-order chi connectivity index (χ1) is 8.81. The summed E-state index contributed by atoms with van der Waals surface area (Å²) in [7, 11) is 0. The summed E-state index contributed by atoms with van der Waals surface area (Å²) in [4.78, 5) is 12.0. The molecule has 2 atom stereocenters. The van der Waals surface area contributed by atoms with E-state index >= 15 is 0 Å². The molecule has 2 unspecified atom stereocenters. The largest absolute Gasteiger partial charge is 0.394 e. The highest BCUT2D eigenvalue weighted by Crippen LogP contribution is 2.12. The predicted molar refractivity (Wildman–Crippen MR) is 67.0 cm³/mol. The Hall–Kier alpha value is -1.43. The van der Waals surface area contributed by atoms with Gasteiger partial charge in [0.25, 0.3) is 5.91 Å². The zero-order valence-corrected chi connectivity index (χ0v) is 10.1. The number of amides is 1. The van der Waals surface area contributed by atoms with Crippen molar-refractivity contribution in [2.24, 2.45) is 0 Å². The number of hydrogen-bond donors (Lipinski definition) is 3. The van der Waals surface area contributed by atoms with Crippen LogP contribution in [-0.4, -0.2) is 43.4 Å². The van der Waals surface area contributed by atoms with Gasteiger partial charge in [-0.3, -0.25) is 4.79 Å². The molecule has 98 valence electrons. The van der Waals surface area contributed by atoms with Crippen molar-refractivity contribution in [3.05, 3.63) is 35.9 Å². The van der Waals surface area contributed by atoms with Gasteiger partial charge in [-0.1, -0.05) is 30.3 Å². The number of rotatable bonds is 4. The molecule has 1 aromatic rings. The average Bonchev–Trinajstić information content (AvgIpc) is 2.46. The minimum Gasteiger partial charge on any atom is -0.394 e. The zero-order chi connectivity index (χ0) is 12.8. The number of carbonyl (C=O) groups excluding carboxylic acids is 1. The van der Waals surface area contributed by atoms with Crippen LogP contribution in [0.2, 0.25) is 0 Å². The number of aliphatic hydroxyl groups is 1. The summed E-state index contributed by atoms with van der Waals surface area (Å²) in [6.45, 7) is 1.69. The van der Waals surface area contributed by atoms with Crippen molar-refractivity contribution < 1.29 is 14.6 Å². The van der Waals surface area contributed by atoms with Crippen LogP contribution in [0.25, 0.3) is 0 Å². The normalized spacial score (nSPS) is 21.3. The fourth-order valence-corrected chi connectivity index (χ4v) is 1.92. The smallest absolute Gasteiger partial charge is 0.251 e. The first-order valence-corrected chi connectivity index (χ1v) is 6.10. The van der Waals surface area contributed by atoms with Crippen molar-refractivity contribution in [2.75, 3.05) is 26.3 Å². The Morgan fingerprint density at radius 3 is 2.89 bits per heavy atom. The highest BCUT2D eigenvalue weighted by Gasteiger charge is 2.24. The molecule has 1 saturated heterocycles. The highest BCUT2D eigenvalue weighted by atomic mass is 16.5. The van der Waals surface area contributed by atoms with Crippen LogP contribution in [0.4, 0.5) is 0 Å². The molecule has 1 fully saturated rings. The Bertz CT molecular complexity index is 377. The lowest BCUT2D eigenvalue weighted by Gasteiger charge is -2.25. The Morgan fingerprint density at radius 1 is 1.50 bits per heavy atom. The molecule has 3 N–H and O–H groups in total. The van der Waals surface area contributed by atoms with Crippen LogP contribution in [0.1, 0.15) is 11.6 Å². The van der Waals surface area contributed by atoms with Gasteiger partial charge in [0, 0.05) is 13.1 Å². The summed E-state index contributed by atoms with van der Waals surface area (Å²) in [6.07, 6.45) is -0.475. The van der Waals surface area contributed by atoms with E-state index in [9.17, 15) is 9.90 Å². The lowest BCUT2D eigenvalue weighted by molar-refractivity contribution is -0.135. The van der Waals surface area contributed by atoms with E-state index in [1.807, 2.05) is 30.3 Å². The molecule has 1 heterocycles. The van der Waals surface area contributed by atoms with Crippen LogP contribution in [0, 0.1) is 0 Å². The van der Waals surface area contributed by atoms with Crippen LogP contribution >= 0.6 is 0 Å². The van der Waals surface area contributed by atoms with Gasteiger partial charge in [0.05, 0.1) is 19.3 Å². The molecular weight excluding hydrogens is 232 g/mol. The maximum atomic E-state index is 12.0. The van der Waals surface area contributed by atoms with Crippen LogP contribution < -0.4 is 10.6 Å². The fourth-order valence-electron chi connectivity index (χ4n) is 1.92. The SMILES string of the molecule is O=C(NC(CO)c1ccccc1)C1CNCCO1. The lowest BCUT2D eigenvalue weighted by atomic mass is 10.1. The van der Waals surface area contributed by atoms with Crippen molar-refractivity contribution in [2.45, 2.75) is 12.1 Å². The van der Waals surface area contributed by atoms with Crippen molar-refractivity contribution >= 4 is 5.91 Å². The van der Waals surface area contributed by atoms with Crippen molar-refractivity contribution in [3.63, 3.8) is 0 Å². The van der Waals surface area contributed by atoms with Crippen molar-refractivity contribution in [1.82, 2.24) is 10.6 Å². The number of aliphatic hydroxyl groups excluding tert-OH is 1. The summed E-state index contributed by atoms with van der Waals surface area (Å²) < 4.78 is 5.36. The topological polar surface area (TPSA) is 70.6 Å². The van der Waals surface area contributed by atoms with Gasteiger partial charge >= 0.3 is 0 Å². The Balaban J connectivity index is 1.95. The second kappa shape index (κ2) is 6.49. The van der Waals surface area contributed by atoms with E-state index in [-0.39, 0.29) is 18.6 Å². The van der Waals surface area contributed by atoms with Gasteiger partial charge in [-0.15, -0.1) is 0 Å². The predicted octanol–water partition coefficient (Wildman–Crippen LogP) is -0.175. The molecule has 0 aliphatic carbocycles. The molecule has 0 radical (unpaired) electrons. The van der Waals surface area contributed by atoms with Crippen LogP contribution in [0.5, 0.6) is 0 Å². The Labute approximate surface area is 106 Å². The number of carbonyl (C=O) groups is 1. The van der Waals surface area contributed by atoms with E-state index in [1.165, 1.54) is 0 Å². The van der Waals surface area contributed by atoms with E-state index < -0.39 is 6.10 Å². The molecule has 5 nitrogen and oxygen atoms in total. The van der Waals surface area contributed by atoms with Crippen LogP contribution in [-0.2, 0) is 9.53 Å². The molecule has 5 heteroatoms. The molecule has 0 aromatic heterocycles. The first-order valence-electron chi connectivity index (χ1n) is 6.10. The van der Waals surface area contributed by atoms with E-state index in [0.717, 1.165) is 12.1 Å². The second-order valence-corrected chi connectivity index (χ2v) is 4.22. The first kappa shape index (κ1) is 13.0. The third kappa shape index (κ3) is 3.29. The molecule has 2 rings (SSSR count). The van der Waals surface area contributed by atoms with Gasteiger partial charge < -0.3 is 20.5 Å². The minimum atomic E-state index is -0.475. The van der Waals surface area contributed by atoms with E-state index in [4.69, 9.17) is 4.74 Å². The van der Waals surface area contributed by atoms with Gasteiger partial charge in [-0.2, -0.15) is 0 Å². The number of hydrogen-bond acceptors (Lipinski definition) is 4. The maximum Gasteiger partial charge on any atom is 0.251 e. The number of benzene rings is 1.